The van der Waals surface area contributed by atoms with Crippen LogP contribution in [-0.4, -0.2) is 59.2 Å². The number of nitrogens with zero attached hydrogens (tertiary/aromatic N) is 5. The molecule has 0 bridgehead atoms. The second-order valence-electron chi connectivity index (χ2n) is 8.13. The fourth-order valence-corrected chi connectivity index (χ4v) is 5.21. The van der Waals surface area contributed by atoms with Gasteiger partial charge >= 0.3 is 0 Å². The van der Waals surface area contributed by atoms with Gasteiger partial charge in [-0.25, -0.2) is 18.4 Å². The Bertz CT molecular complexity index is 1260. The van der Waals surface area contributed by atoms with Crippen LogP contribution >= 0.6 is 11.6 Å². The summed E-state index contributed by atoms with van der Waals surface area (Å²) in [5.41, 5.74) is 0.465. The van der Waals surface area contributed by atoms with E-state index < -0.39 is 21.2 Å². The van der Waals surface area contributed by atoms with Crippen LogP contribution in [0.4, 0.5) is 5.95 Å². The maximum Gasteiger partial charge on any atom is 0.243 e. The topological polar surface area (TPSA) is 130 Å². The van der Waals surface area contributed by atoms with Crippen LogP contribution in [0.15, 0.2) is 30.6 Å². The number of rotatable bonds is 9. The maximum atomic E-state index is 13.4. The normalized spacial score (nSPS) is 17.7. The highest BCUT2D eigenvalue weighted by Crippen LogP contribution is 2.39. The van der Waals surface area contributed by atoms with Crippen molar-refractivity contribution in [2.24, 2.45) is 0 Å². The predicted octanol–water partition coefficient (Wildman–Crippen LogP) is 3.51. The highest BCUT2D eigenvalue weighted by Gasteiger charge is 2.34. The molecule has 35 heavy (non-hydrogen) atoms. The van der Waals surface area contributed by atoms with E-state index in [-0.39, 0.29) is 12.1 Å². The molecule has 0 amide bonds. The van der Waals surface area contributed by atoms with E-state index in [2.05, 4.69) is 24.9 Å². The zero-order valence-electron chi connectivity index (χ0n) is 19.8. The molecule has 188 valence electrons. The van der Waals surface area contributed by atoms with E-state index >= 15 is 0 Å². The van der Waals surface area contributed by atoms with Crippen molar-refractivity contribution >= 4 is 27.6 Å². The van der Waals surface area contributed by atoms with Gasteiger partial charge in [0, 0.05) is 24.9 Å². The van der Waals surface area contributed by atoms with Crippen molar-refractivity contribution in [1.29, 1.82) is 0 Å². The Morgan fingerprint density at radius 3 is 2.37 bits per heavy atom. The van der Waals surface area contributed by atoms with Gasteiger partial charge in [0.1, 0.15) is 29.1 Å². The van der Waals surface area contributed by atoms with Crippen LogP contribution in [0.3, 0.4) is 0 Å². The Morgan fingerprint density at radius 2 is 1.80 bits per heavy atom. The Kier molecular flexibility index (Phi) is 7.43. The molecule has 1 aromatic carbocycles. The second-order valence-corrected chi connectivity index (χ2v) is 10.6. The van der Waals surface area contributed by atoms with Crippen molar-refractivity contribution in [3.8, 4) is 17.2 Å². The lowest BCUT2D eigenvalue weighted by Gasteiger charge is -2.22. The average Bonchev–Trinajstić information content (AvgIpc) is 3.52. The number of hydrogen-bond acceptors (Lipinski definition) is 9. The molecule has 1 N–H and O–H groups in total. The first-order valence-electron chi connectivity index (χ1n) is 11.0. The van der Waals surface area contributed by atoms with E-state index in [1.165, 1.54) is 26.6 Å². The van der Waals surface area contributed by atoms with Crippen molar-refractivity contribution in [3.05, 3.63) is 47.3 Å². The summed E-state index contributed by atoms with van der Waals surface area (Å²) in [5, 5.41) is 7.94. The minimum atomic E-state index is -3.96. The molecule has 0 radical (unpaired) electrons. The number of aromatic nitrogens is 5. The van der Waals surface area contributed by atoms with Crippen molar-refractivity contribution in [2.75, 3.05) is 25.5 Å². The number of anilines is 1. The van der Waals surface area contributed by atoms with E-state index in [1.807, 2.05) is 0 Å². The molecule has 4 rings (SSSR count). The molecule has 3 aromatic rings. The minimum absolute atomic E-state index is 0.00521. The Labute approximate surface area is 208 Å². The van der Waals surface area contributed by atoms with Crippen LogP contribution in [0.25, 0.3) is 5.69 Å². The number of sulfonamides is 1. The van der Waals surface area contributed by atoms with Crippen LogP contribution in [-0.2, 0) is 14.8 Å². The zero-order chi connectivity index (χ0) is 25.2. The highest BCUT2D eigenvalue weighted by molar-refractivity contribution is 7.93. The first-order chi connectivity index (χ1) is 16.8. The van der Waals surface area contributed by atoms with Crippen LogP contribution in [0.5, 0.6) is 11.5 Å². The monoisotopic (exact) mass is 522 g/mol. The fraction of sp³-hybridized carbons (Fsp3) is 0.455. The largest absolute Gasteiger partial charge is 0.494 e. The van der Waals surface area contributed by atoms with E-state index in [9.17, 15) is 8.42 Å². The summed E-state index contributed by atoms with van der Waals surface area (Å²) in [6.07, 6.45) is 4.10. The van der Waals surface area contributed by atoms with E-state index in [1.54, 1.807) is 36.6 Å². The standard InChI is InChI=1S/C22H27ClN6O5S/c1-13(20-24-11-15(23)12-25-20)14(2)35(30,31)28-22-27-26-21(18-9-6-10-34-18)29(22)19-16(32-3)7-5-8-17(19)33-4/h5,7-8,11-14,18H,6,9-10H2,1-4H3,(H,27,28)/t13?,14?,18-/m0/s1. The van der Waals surface area contributed by atoms with Gasteiger partial charge in [0.05, 0.1) is 24.5 Å². The Balaban J connectivity index is 1.76. The molecule has 13 heteroatoms. The molecular weight excluding hydrogens is 496 g/mol. The Hall–Kier alpha value is -2.96. The van der Waals surface area contributed by atoms with Gasteiger partial charge in [-0.1, -0.05) is 24.6 Å². The highest BCUT2D eigenvalue weighted by atomic mass is 35.5. The van der Waals surface area contributed by atoms with Gasteiger partial charge in [0.15, 0.2) is 5.82 Å². The first-order valence-corrected chi connectivity index (χ1v) is 13.0. The number of hydrogen-bond donors (Lipinski definition) is 1. The molecule has 0 saturated carbocycles. The van der Waals surface area contributed by atoms with Crippen LogP contribution < -0.4 is 14.2 Å². The quantitative estimate of drug-likeness (QED) is 0.448. The lowest BCUT2D eigenvalue weighted by Crippen LogP contribution is -2.31. The smallest absolute Gasteiger partial charge is 0.243 e. The molecule has 1 saturated heterocycles. The predicted molar refractivity (Wildman–Crippen MR) is 130 cm³/mol. The molecular formula is C22H27ClN6O5S. The summed E-state index contributed by atoms with van der Waals surface area (Å²) in [6.45, 7) is 3.90. The van der Waals surface area contributed by atoms with Gasteiger partial charge in [0.2, 0.25) is 16.0 Å². The second kappa shape index (κ2) is 10.3. The molecule has 3 atom stereocenters. The van der Waals surface area contributed by atoms with E-state index in [0.717, 1.165) is 12.8 Å². The summed E-state index contributed by atoms with van der Waals surface area (Å²) >= 11 is 5.87. The van der Waals surface area contributed by atoms with Crippen molar-refractivity contribution in [2.45, 2.75) is 44.0 Å². The summed E-state index contributed by atoms with van der Waals surface area (Å²) in [5.74, 6) is 1.19. The first kappa shape index (κ1) is 25.1. The number of halogens is 1. The molecule has 2 unspecified atom stereocenters. The molecule has 3 heterocycles. The SMILES string of the molecule is COc1cccc(OC)c1-n1c(NS(=O)(=O)C(C)C(C)c2ncc(Cl)cn2)nnc1[C@@H]1CCCO1. The van der Waals surface area contributed by atoms with Gasteiger partial charge in [0.25, 0.3) is 0 Å². The van der Waals surface area contributed by atoms with Gasteiger partial charge in [-0.15, -0.1) is 10.2 Å². The maximum absolute atomic E-state index is 13.4. The van der Waals surface area contributed by atoms with Crippen LogP contribution in [0.2, 0.25) is 5.02 Å². The molecule has 1 aliphatic rings. The number of para-hydroxylation sites is 1. The zero-order valence-corrected chi connectivity index (χ0v) is 21.4. The van der Waals surface area contributed by atoms with Crippen LogP contribution in [0, 0.1) is 0 Å². The average molecular weight is 523 g/mol. The van der Waals surface area contributed by atoms with Crippen molar-refractivity contribution in [1.82, 2.24) is 24.7 Å². The molecule has 2 aromatic heterocycles. The number of methoxy groups -OCH3 is 2. The summed E-state index contributed by atoms with van der Waals surface area (Å²) in [7, 11) is -0.916. The summed E-state index contributed by atoms with van der Waals surface area (Å²) < 4.78 is 48.0. The van der Waals surface area contributed by atoms with Gasteiger partial charge in [-0.05, 0) is 31.9 Å². The lowest BCUT2D eigenvalue weighted by molar-refractivity contribution is 0.103. The third-order valence-corrected chi connectivity index (χ3v) is 8.06. The number of ether oxygens (including phenoxy) is 3. The van der Waals surface area contributed by atoms with E-state index in [0.29, 0.717) is 40.5 Å². The van der Waals surface area contributed by atoms with Gasteiger partial charge in [-0.3, -0.25) is 9.29 Å². The van der Waals surface area contributed by atoms with Gasteiger partial charge in [-0.2, -0.15) is 0 Å². The molecule has 0 spiro atoms. The fourth-order valence-electron chi connectivity index (χ4n) is 3.88. The molecule has 1 aliphatic heterocycles. The summed E-state index contributed by atoms with van der Waals surface area (Å²) in [6, 6.07) is 5.27. The van der Waals surface area contributed by atoms with Crippen molar-refractivity contribution in [3.63, 3.8) is 0 Å². The molecule has 1 fully saturated rings. The summed E-state index contributed by atoms with van der Waals surface area (Å²) in [4.78, 5) is 8.34. The van der Waals surface area contributed by atoms with Crippen LogP contribution in [0.1, 0.15) is 50.4 Å². The van der Waals surface area contributed by atoms with Gasteiger partial charge < -0.3 is 14.2 Å². The molecule has 11 nitrogen and oxygen atoms in total. The molecule has 0 aliphatic carbocycles. The Morgan fingerprint density at radius 1 is 1.14 bits per heavy atom. The van der Waals surface area contributed by atoms with Crippen molar-refractivity contribution < 1.29 is 22.6 Å². The lowest BCUT2D eigenvalue weighted by atomic mass is 10.1. The number of benzene rings is 1. The minimum Gasteiger partial charge on any atom is -0.494 e. The third-order valence-electron chi connectivity index (χ3n) is 6.01. The number of nitrogens with one attached hydrogen (secondary N) is 1. The third kappa shape index (κ3) is 5.04. The van der Waals surface area contributed by atoms with E-state index in [4.69, 9.17) is 25.8 Å².